The van der Waals surface area contributed by atoms with Crippen molar-refractivity contribution in [3.63, 3.8) is 0 Å². The highest BCUT2D eigenvalue weighted by atomic mass is 32.3. The molecule has 0 saturated heterocycles. The van der Waals surface area contributed by atoms with Gasteiger partial charge in [0.25, 0.3) is 0 Å². The van der Waals surface area contributed by atoms with Crippen LogP contribution in [0.1, 0.15) is 6.92 Å². The van der Waals surface area contributed by atoms with Gasteiger partial charge in [-0.05, 0) is 21.0 Å². The van der Waals surface area contributed by atoms with Gasteiger partial charge < -0.3 is 9.47 Å². The molecule has 0 heterocycles. The molecular formula is C7H19NO6S. The van der Waals surface area contributed by atoms with Crippen LogP contribution in [0.2, 0.25) is 0 Å². The van der Waals surface area contributed by atoms with Gasteiger partial charge in [-0.1, -0.05) is 0 Å². The van der Waals surface area contributed by atoms with E-state index in [9.17, 15) is 8.42 Å². The zero-order chi connectivity index (χ0) is 12.5. The first kappa shape index (κ1) is 17.2. The summed E-state index contributed by atoms with van der Waals surface area (Å²) in [4.78, 5) is 1.83. The lowest BCUT2D eigenvalue weighted by molar-refractivity contribution is -0.179. The average molecular weight is 245 g/mol. The van der Waals surface area contributed by atoms with Crippen LogP contribution in [0.5, 0.6) is 0 Å². The van der Waals surface area contributed by atoms with E-state index in [1.807, 2.05) is 19.0 Å². The second kappa shape index (κ2) is 9.01. The van der Waals surface area contributed by atoms with E-state index in [2.05, 4.69) is 4.18 Å². The van der Waals surface area contributed by atoms with E-state index in [0.29, 0.717) is 0 Å². The smallest absolute Gasteiger partial charge is 0.343 e. The maximum Gasteiger partial charge on any atom is 0.397 e. The molecule has 0 atom stereocenters. The van der Waals surface area contributed by atoms with Gasteiger partial charge in [-0.3, -0.25) is 9.45 Å². The van der Waals surface area contributed by atoms with Crippen molar-refractivity contribution in [3.8, 4) is 0 Å². The Hall–Kier alpha value is -0.250. The monoisotopic (exact) mass is 245 g/mol. The summed E-state index contributed by atoms with van der Waals surface area (Å²) in [7, 11) is 2.81. The molecular weight excluding hydrogens is 226 g/mol. The molecule has 0 rings (SSSR count). The van der Waals surface area contributed by atoms with E-state index in [4.69, 9.17) is 14.0 Å². The number of rotatable bonds is 5. The second-order valence-corrected chi connectivity index (χ2v) is 3.67. The maximum atomic E-state index is 9.56. The quantitative estimate of drug-likeness (QED) is 0.537. The average Bonchev–Trinajstić information content (AvgIpc) is 2.04. The molecule has 0 aromatic heterocycles. The molecule has 0 amide bonds. The summed E-state index contributed by atoms with van der Waals surface area (Å²) < 4.78 is 40.4. The number of hydrogen-bond acceptors (Lipinski definition) is 6. The van der Waals surface area contributed by atoms with E-state index in [1.165, 1.54) is 6.92 Å². The van der Waals surface area contributed by atoms with Crippen LogP contribution in [-0.4, -0.2) is 59.2 Å². The molecule has 0 aliphatic rings. The molecule has 0 aliphatic heterocycles. The highest BCUT2D eigenvalue weighted by molar-refractivity contribution is 7.80. The van der Waals surface area contributed by atoms with Crippen molar-refractivity contribution in [2.24, 2.45) is 0 Å². The zero-order valence-electron chi connectivity index (χ0n) is 9.63. The van der Waals surface area contributed by atoms with Crippen LogP contribution in [0, 0.1) is 0 Å². The number of nitrogens with zero attached hydrogens (tertiary/aromatic N) is 1. The van der Waals surface area contributed by atoms with Gasteiger partial charge in [0.05, 0.1) is 6.61 Å². The highest BCUT2D eigenvalue weighted by Gasteiger charge is 2.04. The van der Waals surface area contributed by atoms with Gasteiger partial charge >= 0.3 is 10.4 Å². The molecule has 7 nitrogen and oxygen atoms in total. The van der Waals surface area contributed by atoms with Crippen molar-refractivity contribution in [3.05, 3.63) is 0 Å². The first-order valence-electron chi connectivity index (χ1n) is 4.12. The van der Waals surface area contributed by atoms with Crippen LogP contribution in [0.4, 0.5) is 0 Å². The van der Waals surface area contributed by atoms with Gasteiger partial charge in [-0.15, -0.1) is 0 Å². The minimum absolute atomic E-state index is 0.0289. The van der Waals surface area contributed by atoms with Gasteiger partial charge in [-0.25, -0.2) is 4.18 Å². The highest BCUT2D eigenvalue weighted by Crippen LogP contribution is 1.91. The van der Waals surface area contributed by atoms with Crippen molar-refractivity contribution in [2.45, 2.75) is 13.3 Å². The summed E-state index contributed by atoms with van der Waals surface area (Å²) in [5.41, 5.74) is 0. The first-order valence-corrected chi connectivity index (χ1v) is 5.48. The summed E-state index contributed by atoms with van der Waals surface area (Å²) in [6.07, 6.45) is -0.213. The van der Waals surface area contributed by atoms with Crippen LogP contribution in [0.3, 0.4) is 0 Å². The second-order valence-electron chi connectivity index (χ2n) is 2.58. The fraction of sp³-hybridized carbons (Fsp3) is 1.00. The van der Waals surface area contributed by atoms with Crippen LogP contribution in [0.15, 0.2) is 0 Å². The number of methoxy groups -OCH3 is 2. The number of hydrogen-bond donors (Lipinski definition) is 1. The normalized spacial score (nSPS) is 11.5. The molecule has 8 heteroatoms. The standard InChI is InChI=1S/C5H13NO2.C2H6O4S/c1-6(2)5(7-3)8-4;1-2-6-7(3,4)5/h5H,1-4H3;2H2,1H3,(H,3,4,5). The summed E-state index contributed by atoms with van der Waals surface area (Å²) in [6.45, 7) is 1.44. The van der Waals surface area contributed by atoms with E-state index in [-0.39, 0.29) is 13.0 Å². The fourth-order valence-electron chi connectivity index (χ4n) is 0.667. The van der Waals surface area contributed by atoms with Crippen LogP contribution >= 0.6 is 0 Å². The largest absolute Gasteiger partial charge is 0.397 e. The minimum atomic E-state index is -4.17. The van der Waals surface area contributed by atoms with Crippen molar-refractivity contribution < 1.29 is 26.6 Å². The van der Waals surface area contributed by atoms with E-state index >= 15 is 0 Å². The third kappa shape index (κ3) is 13.8. The van der Waals surface area contributed by atoms with E-state index < -0.39 is 10.4 Å². The molecule has 1 N–H and O–H groups in total. The van der Waals surface area contributed by atoms with Crippen molar-refractivity contribution in [2.75, 3.05) is 34.9 Å². The Balaban J connectivity index is 0. The predicted molar refractivity (Wildman–Crippen MR) is 54.7 cm³/mol. The topological polar surface area (TPSA) is 85.3 Å². The third-order valence-corrected chi connectivity index (χ3v) is 1.63. The molecule has 0 unspecified atom stereocenters. The Morgan fingerprint density at radius 3 is 1.67 bits per heavy atom. The van der Waals surface area contributed by atoms with Crippen LogP contribution < -0.4 is 0 Å². The minimum Gasteiger partial charge on any atom is -0.343 e. The third-order valence-electron chi connectivity index (χ3n) is 1.09. The lowest BCUT2D eigenvalue weighted by Gasteiger charge is -2.19. The summed E-state index contributed by atoms with van der Waals surface area (Å²) in [5.74, 6) is 0. The van der Waals surface area contributed by atoms with E-state index in [1.54, 1.807) is 14.2 Å². The van der Waals surface area contributed by atoms with Gasteiger partial charge in [0.1, 0.15) is 0 Å². The maximum absolute atomic E-state index is 9.56. The number of ether oxygens (including phenoxy) is 2. The molecule has 0 bridgehead atoms. The van der Waals surface area contributed by atoms with Crippen molar-refractivity contribution in [1.29, 1.82) is 0 Å². The predicted octanol–water partition coefficient (Wildman–Crippen LogP) is -0.0499. The molecule has 0 fully saturated rings. The molecule has 0 aromatic carbocycles. The summed E-state index contributed by atoms with van der Waals surface area (Å²) >= 11 is 0. The molecule has 0 spiro atoms. The molecule has 0 aliphatic carbocycles. The SMILES string of the molecule is CCOS(=O)(=O)O.COC(OC)N(C)C. The Morgan fingerprint density at radius 1 is 1.27 bits per heavy atom. The Bertz CT molecular complexity index is 224. The fourth-order valence-corrected chi connectivity index (χ4v) is 0.965. The molecule has 0 radical (unpaired) electrons. The van der Waals surface area contributed by atoms with Crippen molar-refractivity contribution in [1.82, 2.24) is 4.90 Å². The Labute approximate surface area is 90.9 Å². The van der Waals surface area contributed by atoms with Gasteiger partial charge in [0.2, 0.25) is 6.41 Å². The summed E-state index contributed by atoms with van der Waals surface area (Å²) in [6, 6.07) is 0. The van der Waals surface area contributed by atoms with Crippen LogP contribution in [0.25, 0.3) is 0 Å². The molecule has 0 aromatic rings. The van der Waals surface area contributed by atoms with Gasteiger partial charge in [0, 0.05) is 14.2 Å². The van der Waals surface area contributed by atoms with Crippen LogP contribution in [-0.2, 0) is 24.1 Å². The lowest BCUT2D eigenvalue weighted by atomic mass is 10.9. The molecule has 0 saturated carbocycles. The Morgan fingerprint density at radius 2 is 1.67 bits per heavy atom. The first-order chi connectivity index (χ1) is 6.78. The Kier molecular flexibility index (Phi) is 10.3. The lowest BCUT2D eigenvalue weighted by Crippen LogP contribution is -2.30. The molecule has 15 heavy (non-hydrogen) atoms. The molecule has 94 valence electrons. The van der Waals surface area contributed by atoms with Gasteiger partial charge in [0.15, 0.2) is 0 Å². The summed E-state index contributed by atoms with van der Waals surface area (Å²) in [5, 5.41) is 0. The zero-order valence-corrected chi connectivity index (χ0v) is 10.4. The van der Waals surface area contributed by atoms with Gasteiger partial charge in [-0.2, -0.15) is 8.42 Å². The van der Waals surface area contributed by atoms with E-state index in [0.717, 1.165) is 0 Å². The van der Waals surface area contributed by atoms with Crippen molar-refractivity contribution >= 4 is 10.4 Å².